The van der Waals surface area contributed by atoms with Gasteiger partial charge in [-0.1, -0.05) is 23.7 Å². The van der Waals surface area contributed by atoms with E-state index in [4.69, 9.17) is 11.6 Å². The quantitative estimate of drug-likeness (QED) is 0.506. The van der Waals surface area contributed by atoms with Gasteiger partial charge in [0.05, 0.1) is 5.92 Å². The Labute approximate surface area is 80.5 Å². The molecule has 13 heavy (non-hydrogen) atoms. The van der Waals surface area contributed by atoms with Crippen LogP contribution in [-0.2, 0) is 11.2 Å². The minimum Gasteiger partial charge on any atom is -0.303 e. The highest BCUT2D eigenvalue weighted by molar-refractivity contribution is 6.32. The van der Waals surface area contributed by atoms with Crippen molar-refractivity contribution in [2.45, 2.75) is 6.42 Å². The molecule has 0 aliphatic heterocycles. The molecule has 0 heterocycles. The topological polar surface area (TPSA) is 34.1 Å². The van der Waals surface area contributed by atoms with E-state index in [0.717, 1.165) is 5.56 Å². The Morgan fingerprint density at radius 1 is 1.46 bits per heavy atom. The zero-order chi connectivity index (χ0) is 9.42. The van der Waals surface area contributed by atoms with Crippen molar-refractivity contribution in [1.29, 1.82) is 0 Å². The molecule has 2 rings (SSSR count). The van der Waals surface area contributed by atoms with Crippen molar-refractivity contribution in [3.63, 3.8) is 0 Å². The number of Topliss-reactive ketones (excluding diaryl/α,β-unsaturated/α-hetero) is 1. The lowest BCUT2D eigenvalue weighted by molar-refractivity contribution is -0.109. The maximum Gasteiger partial charge on any atom is 0.173 e. The van der Waals surface area contributed by atoms with Crippen LogP contribution in [-0.4, -0.2) is 12.1 Å². The van der Waals surface area contributed by atoms with Crippen molar-refractivity contribution < 1.29 is 9.59 Å². The van der Waals surface area contributed by atoms with Gasteiger partial charge >= 0.3 is 0 Å². The zero-order valence-corrected chi connectivity index (χ0v) is 7.54. The van der Waals surface area contributed by atoms with Crippen LogP contribution in [0.3, 0.4) is 0 Å². The van der Waals surface area contributed by atoms with E-state index in [1.807, 2.05) is 0 Å². The van der Waals surface area contributed by atoms with Crippen LogP contribution in [0, 0.1) is 5.92 Å². The number of hydrogen-bond donors (Lipinski definition) is 0. The third-order valence-electron chi connectivity index (χ3n) is 2.31. The Hall–Kier alpha value is -1.15. The summed E-state index contributed by atoms with van der Waals surface area (Å²) in [6.45, 7) is 0. The van der Waals surface area contributed by atoms with Gasteiger partial charge in [-0.15, -0.1) is 0 Å². The molecule has 1 aliphatic rings. The van der Waals surface area contributed by atoms with Crippen molar-refractivity contribution in [2.75, 3.05) is 0 Å². The molecule has 0 N–H and O–H groups in total. The van der Waals surface area contributed by atoms with Crippen molar-refractivity contribution in [1.82, 2.24) is 0 Å². The van der Waals surface area contributed by atoms with Crippen LogP contribution in [0.5, 0.6) is 0 Å². The van der Waals surface area contributed by atoms with Crippen LogP contribution in [0.4, 0.5) is 0 Å². The summed E-state index contributed by atoms with van der Waals surface area (Å²) in [5, 5.41) is 0.579. The molecule has 1 unspecified atom stereocenters. The lowest BCUT2D eigenvalue weighted by Crippen LogP contribution is -2.09. The fourth-order valence-electron chi connectivity index (χ4n) is 1.62. The number of rotatable bonds is 1. The lowest BCUT2D eigenvalue weighted by Gasteiger charge is -1.97. The molecule has 1 aromatic rings. The van der Waals surface area contributed by atoms with E-state index in [1.165, 1.54) is 0 Å². The van der Waals surface area contributed by atoms with E-state index >= 15 is 0 Å². The van der Waals surface area contributed by atoms with Gasteiger partial charge in [-0.25, -0.2) is 0 Å². The number of halogens is 1. The summed E-state index contributed by atoms with van der Waals surface area (Å²) in [5.41, 5.74) is 1.41. The standard InChI is InChI=1S/C10H7ClO2/c11-9-3-1-2-7-8(9)4-6(5-12)10(7)13/h1-3,5-6H,4H2. The van der Waals surface area contributed by atoms with Gasteiger partial charge in [0.25, 0.3) is 0 Å². The Morgan fingerprint density at radius 2 is 2.23 bits per heavy atom. The summed E-state index contributed by atoms with van der Waals surface area (Å²) in [5.74, 6) is -0.623. The molecule has 0 aromatic heterocycles. The molecule has 0 radical (unpaired) electrons. The van der Waals surface area contributed by atoms with Crippen LogP contribution in [0.1, 0.15) is 15.9 Å². The van der Waals surface area contributed by atoms with E-state index in [-0.39, 0.29) is 5.78 Å². The van der Waals surface area contributed by atoms with E-state index in [1.54, 1.807) is 18.2 Å². The van der Waals surface area contributed by atoms with Gasteiger partial charge in [0.2, 0.25) is 0 Å². The SMILES string of the molecule is O=CC1Cc2c(Cl)cccc2C1=O. The molecule has 0 saturated carbocycles. The smallest absolute Gasteiger partial charge is 0.173 e. The van der Waals surface area contributed by atoms with Gasteiger partial charge in [-0.2, -0.15) is 0 Å². The fourth-order valence-corrected chi connectivity index (χ4v) is 1.87. The number of hydrogen-bond acceptors (Lipinski definition) is 2. The average Bonchev–Trinajstić information content (AvgIpc) is 2.45. The van der Waals surface area contributed by atoms with Gasteiger partial charge in [-0.05, 0) is 18.1 Å². The second-order valence-electron chi connectivity index (χ2n) is 3.08. The van der Waals surface area contributed by atoms with Crippen LogP contribution in [0.25, 0.3) is 0 Å². The predicted octanol–water partition coefficient (Wildman–Crippen LogP) is 1.89. The third-order valence-corrected chi connectivity index (χ3v) is 2.66. The Balaban J connectivity index is 2.55. The molecule has 0 spiro atoms. The minimum atomic E-state index is -0.519. The highest BCUT2D eigenvalue weighted by atomic mass is 35.5. The number of ketones is 1. The van der Waals surface area contributed by atoms with Crippen LogP contribution in [0.2, 0.25) is 5.02 Å². The molecule has 0 bridgehead atoms. The predicted molar refractivity (Wildman–Crippen MR) is 49.0 cm³/mol. The maximum atomic E-state index is 11.5. The van der Waals surface area contributed by atoms with Gasteiger partial charge in [0.15, 0.2) is 5.78 Å². The monoisotopic (exact) mass is 194 g/mol. The highest BCUT2D eigenvalue weighted by Crippen LogP contribution is 2.30. The second kappa shape index (κ2) is 2.96. The maximum absolute atomic E-state index is 11.5. The number of fused-ring (bicyclic) bond motifs is 1. The van der Waals surface area contributed by atoms with E-state index in [2.05, 4.69) is 0 Å². The number of carbonyl (C=O) groups excluding carboxylic acids is 2. The number of benzene rings is 1. The van der Waals surface area contributed by atoms with Gasteiger partial charge in [0.1, 0.15) is 6.29 Å². The summed E-state index contributed by atoms with van der Waals surface area (Å²) in [6.07, 6.45) is 1.15. The average molecular weight is 195 g/mol. The molecule has 3 heteroatoms. The Bertz CT molecular complexity index is 385. The largest absolute Gasteiger partial charge is 0.303 e. The van der Waals surface area contributed by atoms with Crippen molar-refractivity contribution in [3.05, 3.63) is 34.3 Å². The summed E-state index contributed by atoms with van der Waals surface area (Å²) in [6, 6.07) is 5.18. The zero-order valence-electron chi connectivity index (χ0n) is 6.79. The van der Waals surface area contributed by atoms with Crippen molar-refractivity contribution in [3.8, 4) is 0 Å². The van der Waals surface area contributed by atoms with Gasteiger partial charge in [0, 0.05) is 10.6 Å². The normalized spacial score (nSPS) is 20.1. The summed E-state index contributed by atoms with van der Waals surface area (Å²) in [7, 11) is 0. The first kappa shape index (κ1) is 8.45. The molecule has 1 atom stereocenters. The van der Waals surface area contributed by atoms with E-state index in [0.29, 0.717) is 23.3 Å². The lowest BCUT2D eigenvalue weighted by atomic mass is 10.1. The van der Waals surface area contributed by atoms with Gasteiger partial charge < -0.3 is 4.79 Å². The first-order chi connectivity index (χ1) is 6.24. The second-order valence-corrected chi connectivity index (χ2v) is 3.48. The number of aldehydes is 1. The highest BCUT2D eigenvalue weighted by Gasteiger charge is 2.31. The van der Waals surface area contributed by atoms with Crippen LogP contribution < -0.4 is 0 Å². The summed E-state index contributed by atoms with van der Waals surface area (Å²) < 4.78 is 0. The Kier molecular flexibility index (Phi) is 1.93. The van der Waals surface area contributed by atoms with E-state index in [9.17, 15) is 9.59 Å². The first-order valence-corrected chi connectivity index (χ1v) is 4.38. The van der Waals surface area contributed by atoms with Crippen molar-refractivity contribution >= 4 is 23.7 Å². The molecule has 0 fully saturated rings. The number of carbonyl (C=O) groups is 2. The third kappa shape index (κ3) is 1.18. The fraction of sp³-hybridized carbons (Fsp3) is 0.200. The molecule has 0 saturated heterocycles. The molecule has 0 amide bonds. The van der Waals surface area contributed by atoms with Gasteiger partial charge in [-0.3, -0.25) is 4.79 Å². The van der Waals surface area contributed by atoms with Crippen LogP contribution in [0.15, 0.2) is 18.2 Å². The summed E-state index contributed by atoms with van der Waals surface area (Å²) >= 11 is 5.89. The Morgan fingerprint density at radius 3 is 2.85 bits per heavy atom. The van der Waals surface area contributed by atoms with Crippen molar-refractivity contribution in [2.24, 2.45) is 5.92 Å². The van der Waals surface area contributed by atoms with Crippen LogP contribution >= 0.6 is 11.6 Å². The molecular formula is C10H7ClO2. The first-order valence-electron chi connectivity index (χ1n) is 4.01. The molecule has 2 nitrogen and oxygen atoms in total. The van der Waals surface area contributed by atoms with E-state index < -0.39 is 5.92 Å². The summed E-state index contributed by atoms with van der Waals surface area (Å²) in [4.78, 5) is 22.0. The molecule has 66 valence electrons. The minimum absolute atomic E-state index is 0.104. The molecular weight excluding hydrogens is 188 g/mol. The molecule has 1 aliphatic carbocycles. The molecule has 1 aromatic carbocycles.